The molecule has 6 fully saturated rings. The highest BCUT2D eigenvalue weighted by Gasteiger charge is 2.75. The molecule has 7 rings (SSSR count). The van der Waals surface area contributed by atoms with Gasteiger partial charge < -0.3 is 19.7 Å². The molecule has 6 nitrogen and oxygen atoms in total. The fourth-order valence-electron chi connectivity index (χ4n) is 11.7. The highest BCUT2D eigenvalue weighted by Crippen LogP contribution is 2.78. The number of aliphatic carboxylic acids is 1. The number of hydrogen-bond acceptors (Lipinski definition) is 5. The molecule has 7 aliphatic rings. The van der Waals surface area contributed by atoms with Gasteiger partial charge in [-0.3, -0.25) is 9.59 Å². The van der Waals surface area contributed by atoms with E-state index in [-0.39, 0.29) is 45.4 Å². The predicted octanol–water partition coefficient (Wildman–Crippen LogP) is 5.97. The second-order valence-corrected chi connectivity index (χ2v) is 15.3. The first-order valence-electron chi connectivity index (χ1n) is 15.1. The Bertz CT molecular complexity index is 1080. The number of fused-ring (bicyclic) bond motifs is 7. The number of esters is 1. The maximum Gasteiger partial charge on any atom is 0.314 e. The fourth-order valence-corrected chi connectivity index (χ4v) is 11.7. The van der Waals surface area contributed by atoms with E-state index in [1.54, 1.807) is 0 Å². The Hall–Kier alpha value is -1.40. The maximum absolute atomic E-state index is 13.2. The summed E-state index contributed by atoms with van der Waals surface area (Å²) in [4.78, 5) is 25.4. The Morgan fingerprint density at radius 1 is 1.03 bits per heavy atom. The third-order valence-corrected chi connectivity index (χ3v) is 14.2. The molecule has 0 unspecified atom stereocenters. The van der Waals surface area contributed by atoms with Crippen molar-refractivity contribution in [3.05, 3.63) is 11.6 Å². The minimum atomic E-state index is -1.07. The molecule has 0 aromatic heterocycles. The molecule has 4 saturated carbocycles. The second-order valence-electron chi connectivity index (χ2n) is 15.3. The summed E-state index contributed by atoms with van der Waals surface area (Å²) in [5, 5.41) is 22.2. The maximum atomic E-state index is 13.2. The van der Waals surface area contributed by atoms with Crippen molar-refractivity contribution in [2.45, 2.75) is 112 Å². The van der Waals surface area contributed by atoms with Crippen LogP contribution in [0.1, 0.15) is 99.8 Å². The van der Waals surface area contributed by atoms with Gasteiger partial charge >= 0.3 is 11.9 Å². The molecule has 0 aromatic carbocycles. The Balaban J connectivity index is 1.47. The molecule has 5 aliphatic carbocycles. The van der Waals surface area contributed by atoms with Crippen LogP contribution >= 0.6 is 0 Å². The van der Waals surface area contributed by atoms with Gasteiger partial charge in [0.25, 0.3) is 0 Å². The Labute approximate surface area is 227 Å². The van der Waals surface area contributed by atoms with Gasteiger partial charge in [0.1, 0.15) is 11.5 Å². The number of rotatable bonds is 2. The average Bonchev–Trinajstić information content (AvgIpc) is 2.83. The average molecular weight is 529 g/mol. The van der Waals surface area contributed by atoms with Crippen LogP contribution in [0.25, 0.3) is 0 Å². The topological polar surface area (TPSA) is 93.1 Å². The molecular weight excluding hydrogens is 480 g/mol. The van der Waals surface area contributed by atoms with E-state index in [4.69, 9.17) is 9.47 Å². The van der Waals surface area contributed by atoms with Gasteiger partial charge in [0, 0.05) is 30.1 Å². The number of allylic oxidation sites excluding steroid dienone is 2. The molecule has 2 saturated heterocycles. The quantitative estimate of drug-likeness (QED) is 0.339. The zero-order valence-electron chi connectivity index (χ0n) is 24.4. The molecule has 0 aromatic rings. The number of carboxylic acid groups (broad SMARTS) is 1. The van der Waals surface area contributed by atoms with E-state index >= 15 is 0 Å². The lowest BCUT2D eigenvalue weighted by Crippen LogP contribution is -2.73. The van der Waals surface area contributed by atoms with Crippen LogP contribution in [0.4, 0.5) is 0 Å². The van der Waals surface area contributed by atoms with E-state index in [1.807, 2.05) is 0 Å². The molecule has 0 radical (unpaired) electrons. The van der Waals surface area contributed by atoms with E-state index in [9.17, 15) is 19.8 Å². The third-order valence-electron chi connectivity index (χ3n) is 14.2. The molecule has 2 heterocycles. The number of aliphatic hydroxyl groups is 1. The normalized spacial score (nSPS) is 54.5. The SMILES string of the molecule is CC(=O)O[C@@H]1C[C@@H](C)[C@H](C)[C@H]2C3=CC[C@@H]4[C@]56CC[C@](O)(OC5)C(C)(C)[C@H]6CC[C@@]4(C)[C@]3(C)CC[C@]21C(=O)O. The summed E-state index contributed by atoms with van der Waals surface area (Å²) in [5.74, 6) is -1.05. The first kappa shape index (κ1) is 26.8. The van der Waals surface area contributed by atoms with Crippen molar-refractivity contribution < 1.29 is 29.3 Å². The van der Waals surface area contributed by atoms with Crippen LogP contribution in [0.15, 0.2) is 11.6 Å². The summed E-state index contributed by atoms with van der Waals surface area (Å²) in [6.45, 7) is 15.8. The summed E-state index contributed by atoms with van der Waals surface area (Å²) in [6.07, 6.45) is 8.57. The minimum Gasteiger partial charge on any atom is -0.481 e. The van der Waals surface area contributed by atoms with Crippen LogP contribution in [-0.2, 0) is 19.1 Å². The van der Waals surface area contributed by atoms with Gasteiger partial charge in [0.15, 0.2) is 5.79 Å². The number of carbonyl (C=O) groups is 2. The number of carboxylic acids is 1. The van der Waals surface area contributed by atoms with Crippen molar-refractivity contribution in [2.24, 2.45) is 56.7 Å². The van der Waals surface area contributed by atoms with Crippen LogP contribution in [-0.4, -0.2) is 40.6 Å². The second kappa shape index (κ2) is 7.87. The summed E-state index contributed by atoms with van der Waals surface area (Å²) in [7, 11) is 0. The van der Waals surface area contributed by atoms with Crippen molar-refractivity contribution in [1.82, 2.24) is 0 Å². The van der Waals surface area contributed by atoms with Crippen molar-refractivity contribution in [3.63, 3.8) is 0 Å². The Morgan fingerprint density at radius 3 is 2.34 bits per heavy atom. The molecule has 0 amide bonds. The fraction of sp³-hybridized carbons (Fsp3) is 0.875. The van der Waals surface area contributed by atoms with Gasteiger partial charge in [-0.05, 0) is 79.4 Å². The number of ether oxygens (including phenoxy) is 2. The predicted molar refractivity (Wildman–Crippen MR) is 143 cm³/mol. The van der Waals surface area contributed by atoms with Gasteiger partial charge in [-0.1, -0.05) is 53.2 Å². The van der Waals surface area contributed by atoms with Gasteiger partial charge in [-0.15, -0.1) is 0 Å². The molecule has 2 aliphatic heterocycles. The molecule has 38 heavy (non-hydrogen) atoms. The summed E-state index contributed by atoms with van der Waals surface area (Å²) < 4.78 is 12.2. The molecular formula is C32H48O6. The summed E-state index contributed by atoms with van der Waals surface area (Å²) >= 11 is 0. The van der Waals surface area contributed by atoms with Crippen molar-refractivity contribution in [2.75, 3.05) is 6.61 Å². The lowest BCUT2D eigenvalue weighted by atomic mass is 9.32. The molecule has 2 bridgehead atoms. The van der Waals surface area contributed by atoms with Gasteiger partial charge in [-0.2, -0.15) is 0 Å². The zero-order chi connectivity index (χ0) is 27.7. The number of hydrogen-bond donors (Lipinski definition) is 2. The number of carbonyl (C=O) groups excluding carboxylic acids is 1. The first-order chi connectivity index (χ1) is 17.6. The highest BCUT2D eigenvalue weighted by molar-refractivity contribution is 5.78. The van der Waals surface area contributed by atoms with E-state index in [0.29, 0.717) is 37.7 Å². The van der Waals surface area contributed by atoms with Crippen LogP contribution in [0.5, 0.6) is 0 Å². The van der Waals surface area contributed by atoms with Crippen LogP contribution in [0, 0.1) is 56.7 Å². The molecule has 11 atom stereocenters. The van der Waals surface area contributed by atoms with Gasteiger partial charge in [-0.25, -0.2) is 0 Å². The molecule has 2 N–H and O–H groups in total. The lowest BCUT2D eigenvalue weighted by molar-refractivity contribution is -0.395. The highest BCUT2D eigenvalue weighted by atomic mass is 16.6. The Kier molecular flexibility index (Phi) is 5.55. The summed E-state index contributed by atoms with van der Waals surface area (Å²) in [6, 6.07) is 0. The molecule has 6 heteroatoms. The third kappa shape index (κ3) is 2.87. The zero-order valence-corrected chi connectivity index (χ0v) is 24.4. The van der Waals surface area contributed by atoms with Crippen molar-refractivity contribution in [1.29, 1.82) is 0 Å². The van der Waals surface area contributed by atoms with Crippen molar-refractivity contribution in [3.8, 4) is 0 Å². The van der Waals surface area contributed by atoms with Crippen molar-refractivity contribution >= 4 is 11.9 Å². The van der Waals surface area contributed by atoms with Crippen LogP contribution in [0.2, 0.25) is 0 Å². The van der Waals surface area contributed by atoms with E-state index in [1.165, 1.54) is 12.5 Å². The minimum absolute atomic E-state index is 0.0157. The van der Waals surface area contributed by atoms with E-state index < -0.39 is 23.3 Å². The first-order valence-corrected chi connectivity index (χ1v) is 15.1. The van der Waals surface area contributed by atoms with E-state index in [2.05, 4.69) is 47.6 Å². The summed E-state index contributed by atoms with van der Waals surface area (Å²) in [5.41, 5.74) is -0.106. The van der Waals surface area contributed by atoms with Gasteiger partial charge in [0.05, 0.1) is 6.61 Å². The lowest BCUT2D eigenvalue weighted by Gasteiger charge is -2.74. The van der Waals surface area contributed by atoms with Crippen LogP contribution in [0.3, 0.4) is 0 Å². The molecule has 212 valence electrons. The van der Waals surface area contributed by atoms with Gasteiger partial charge in [0.2, 0.25) is 0 Å². The van der Waals surface area contributed by atoms with E-state index in [0.717, 1.165) is 32.1 Å². The van der Waals surface area contributed by atoms with Crippen LogP contribution < -0.4 is 0 Å². The molecule has 1 spiro atoms. The Morgan fingerprint density at radius 2 is 1.74 bits per heavy atom. The largest absolute Gasteiger partial charge is 0.481 e. The monoisotopic (exact) mass is 528 g/mol. The standard InChI is InChI=1S/C32H48O6/c1-18-16-24(38-20(3)33)31(26(34)35)14-12-28(6)21(25(31)19(18)2)8-9-23-29(28,7)11-10-22-27(4,5)32(36)15-13-30(22,23)17-37-32/h8,18-19,22-25,36H,9-17H2,1-7H3,(H,34,35)/t18-,19+,22-,23+,24-,25+,28-,29-,30-,31-,32+/m1/s1. The smallest absolute Gasteiger partial charge is 0.314 e.